The van der Waals surface area contributed by atoms with Crippen LogP contribution in [0.15, 0.2) is 30.5 Å². The minimum atomic E-state index is -2.58. The van der Waals surface area contributed by atoms with Gasteiger partial charge in [-0.1, -0.05) is 12.1 Å². The van der Waals surface area contributed by atoms with Gasteiger partial charge in [0, 0.05) is 25.8 Å². The molecule has 0 bridgehead atoms. The highest BCUT2D eigenvalue weighted by molar-refractivity contribution is 5.38. The van der Waals surface area contributed by atoms with Gasteiger partial charge in [0.05, 0.1) is 18.5 Å². The van der Waals surface area contributed by atoms with Gasteiger partial charge in [0.1, 0.15) is 5.69 Å². The molecule has 0 atom stereocenters. The van der Waals surface area contributed by atoms with E-state index in [2.05, 4.69) is 10.4 Å². The first kappa shape index (κ1) is 15.6. The molecule has 0 spiro atoms. The Labute approximate surface area is 122 Å². The zero-order valence-electron chi connectivity index (χ0n) is 12.1. The van der Waals surface area contributed by atoms with E-state index >= 15 is 0 Å². The molecule has 0 saturated carbocycles. The summed E-state index contributed by atoms with van der Waals surface area (Å²) in [4.78, 5) is 0. The molecular formula is C15H19F2N3O. The maximum atomic E-state index is 13.4. The number of hydrogen-bond acceptors (Lipinski definition) is 3. The number of aryl methyl sites for hydroxylation is 1. The van der Waals surface area contributed by atoms with Gasteiger partial charge in [-0.25, -0.2) is 13.5 Å². The van der Waals surface area contributed by atoms with E-state index in [0.717, 1.165) is 5.56 Å². The fraction of sp³-hybridized carbons (Fsp3) is 0.400. The van der Waals surface area contributed by atoms with E-state index in [-0.39, 0.29) is 5.69 Å². The smallest absolute Gasteiger partial charge is 0.280 e. The zero-order valence-corrected chi connectivity index (χ0v) is 12.1. The van der Waals surface area contributed by atoms with Crippen LogP contribution in [0.1, 0.15) is 23.2 Å². The quantitative estimate of drug-likeness (QED) is 0.798. The van der Waals surface area contributed by atoms with Crippen molar-refractivity contribution in [3.63, 3.8) is 0 Å². The average molecular weight is 295 g/mol. The summed E-state index contributed by atoms with van der Waals surface area (Å²) in [6.07, 6.45) is -1.09. The van der Waals surface area contributed by atoms with Gasteiger partial charge in [-0.05, 0) is 24.6 Å². The normalized spacial score (nSPS) is 11.3. The number of nitrogens with zero attached hydrogens (tertiary/aromatic N) is 2. The Bertz CT molecular complexity index is 584. The predicted octanol–water partition coefficient (Wildman–Crippen LogP) is 2.85. The molecule has 0 aliphatic carbocycles. The van der Waals surface area contributed by atoms with Crippen molar-refractivity contribution in [2.24, 2.45) is 0 Å². The second kappa shape index (κ2) is 7.28. The lowest BCUT2D eigenvalue weighted by molar-refractivity contribution is 0.141. The lowest BCUT2D eigenvalue weighted by atomic mass is 10.2. The van der Waals surface area contributed by atoms with Gasteiger partial charge in [0.25, 0.3) is 6.43 Å². The van der Waals surface area contributed by atoms with E-state index < -0.39 is 6.43 Å². The van der Waals surface area contributed by atoms with Crippen molar-refractivity contribution in [2.75, 3.05) is 20.3 Å². The van der Waals surface area contributed by atoms with Gasteiger partial charge in [-0.3, -0.25) is 0 Å². The first-order valence-corrected chi connectivity index (χ1v) is 6.75. The Morgan fingerprint density at radius 1 is 1.38 bits per heavy atom. The van der Waals surface area contributed by atoms with Crippen LogP contribution in [0, 0.1) is 6.92 Å². The van der Waals surface area contributed by atoms with Crippen molar-refractivity contribution in [2.45, 2.75) is 19.9 Å². The van der Waals surface area contributed by atoms with E-state index in [1.54, 1.807) is 13.2 Å². The summed E-state index contributed by atoms with van der Waals surface area (Å²) in [5, 5.41) is 7.18. The standard InChI is InChI=1S/C15H19F2N3O/c1-11-4-3-5-13(8-11)20-14(15(16)17)12(10-19-20)9-18-6-7-21-2/h3-5,8,10,15,18H,6-7,9H2,1-2H3. The number of nitrogens with one attached hydrogen (secondary N) is 1. The number of hydrogen-bond donors (Lipinski definition) is 1. The Hall–Kier alpha value is -1.79. The molecule has 1 N–H and O–H groups in total. The summed E-state index contributed by atoms with van der Waals surface area (Å²) in [7, 11) is 1.60. The predicted molar refractivity (Wildman–Crippen MR) is 76.8 cm³/mol. The first-order valence-electron chi connectivity index (χ1n) is 6.75. The molecule has 2 aromatic rings. The van der Waals surface area contributed by atoms with Gasteiger partial charge in [-0.15, -0.1) is 0 Å². The Morgan fingerprint density at radius 3 is 2.86 bits per heavy atom. The number of aromatic nitrogens is 2. The molecule has 1 aromatic heterocycles. The molecule has 6 heteroatoms. The molecule has 1 heterocycles. The summed E-state index contributed by atoms with van der Waals surface area (Å²) >= 11 is 0. The van der Waals surface area contributed by atoms with Gasteiger partial charge in [0.2, 0.25) is 0 Å². The minimum absolute atomic E-state index is 0.0643. The zero-order chi connectivity index (χ0) is 15.2. The number of ether oxygens (including phenoxy) is 1. The van der Waals surface area contributed by atoms with E-state index in [0.29, 0.717) is 30.9 Å². The van der Waals surface area contributed by atoms with E-state index in [9.17, 15) is 8.78 Å². The number of benzene rings is 1. The molecule has 1 aromatic carbocycles. The van der Waals surface area contributed by atoms with Crippen molar-refractivity contribution in [1.29, 1.82) is 0 Å². The number of halogens is 2. The highest BCUT2D eigenvalue weighted by Gasteiger charge is 2.20. The largest absolute Gasteiger partial charge is 0.383 e. The van der Waals surface area contributed by atoms with Crippen LogP contribution in [0.25, 0.3) is 5.69 Å². The van der Waals surface area contributed by atoms with E-state index in [1.165, 1.54) is 10.9 Å². The van der Waals surface area contributed by atoms with E-state index in [4.69, 9.17) is 4.74 Å². The van der Waals surface area contributed by atoms with Crippen LogP contribution in [0.5, 0.6) is 0 Å². The SMILES string of the molecule is COCCNCc1cnn(-c2cccc(C)c2)c1C(F)F. The molecule has 0 aliphatic rings. The number of methoxy groups -OCH3 is 1. The highest BCUT2D eigenvalue weighted by atomic mass is 19.3. The van der Waals surface area contributed by atoms with Crippen LogP contribution >= 0.6 is 0 Å². The summed E-state index contributed by atoms with van der Waals surface area (Å²) in [6.45, 7) is 3.40. The molecule has 0 fully saturated rings. The minimum Gasteiger partial charge on any atom is -0.383 e. The molecule has 114 valence electrons. The number of alkyl halides is 2. The first-order chi connectivity index (χ1) is 10.1. The Kier molecular flexibility index (Phi) is 5.41. The molecule has 21 heavy (non-hydrogen) atoms. The van der Waals surface area contributed by atoms with Crippen molar-refractivity contribution in [3.8, 4) is 5.69 Å². The van der Waals surface area contributed by atoms with Gasteiger partial charge in [0.15, 0.2) is 0 Å². The topological polar surface area (TPSA) is 39.1 Å². The van der Waals surface area contributed by atoms with E-state index in [1.807, 2.05) is 25.1 Å². The summed E-state index contributed by atoms with van der Waals surface area (Å²) in [5.41, 5.74) is 2.09. The molecule has 0 amide bonds. The van der Waals surface area contributed by atoms with Crippen molar-refractivity contribution in [3.05, 3.63) is 47.3 Å². The van der Waals surface area contributed by atoms with Gasteiger partial charge < -0.3 is 10.1 Å². The highest BCUT2D eigenvalue weighted by Crippen LogP contribution is 2.26. The van der Waals surface area contributed by atoms with Crippen molar-refractivity contribution < 1.29 is 13.5 Å². The van der Waals surface area contributed by atoms with Gasteiger partial charge in [-0.2, -0.15) is 5.10 Å². The lowest BCUT2D eigenvalue weighted by Gasteiger charge is -2.10. The third-order valence-corrected chi connectivity index (χ3v) is 3.14. The molecule has 0 unspecified atom stereocenters. The van der Waals surface area contributed by atoms with Crippen LogP contribution in [0.4, 0.5) is 8.78 Å². The molecule has 2 rings (SSSR count). The van der Waals surface area contributed by atoms with Crippen molar-refractivity contribution in [1.82, 2.24) is 15.1 Å². The third-order valence-electron chi connectivity index (χ3n) is 3.14. The summed E-state index contributed by atoms with van der Waals surface area (Å²) in [6, 6.07) is 7.36. The molecule has 0 radical (unpaired) electrons. The molecule has 0 saturated heterocycles. The maximum Gasteiger partial charge on any atom is 0.280 e. The summed E-state index contributed by atoms with van der Waals surface area (Å²) < 4.78 is 33.0. The van der Waals surface area contributed by atoms with Gasteiger partial charge >= 0.3 is 0 Å². The van der Waals surface area contributed by atoms with Crippen LogP contribution in [-0.2, 0) is 11.3 Å². The van der Waals surface area contributed by atoms with Crippen LogP contribution < -0.4 is 5.32 Å². The number of rotatable bonds is 7. The second-order valence-corrected chi connectivity index (χ2v) is 4.78. The monoisotopic (exact) mass is 295 g/mol. The molecular weight excluding hydrogens is 276 g/mol. The maximum absolute atomic E-state index is 13.4. The fourth-order valence-corrected chi connectivity index (χ4v) is 2.12. The Morgan fingerprint density at radius 2 is 2.19 bits per heavy atom. The summed E-state index contributed by atoms with van der Waals surface area (Å²) in [5.74, 6) is 0. The van der Waals surface area contributed by atoms with Crippen LogP contribution in [0.3, 0.4) is 0 Å². The fourth-order valence-electron chi connectivity index (χ4n) is 2.12. The Balaban J connectivity index is 2.24. The van der Waals surface area contributed by atoms with Crippen LogP contribution in [0.2, 0.25) is 0 Å². The molecule has 4 nitrogen and oxygen atoms in total. The van der Waals surface area contributed by atoms with Crippen molar-refractivity contribution >= 4 is 0 Å². The van der Waals surface area contributed by atoms with Crippen LogP contribution in [-0.4, -0.2) is 30.0 Å². The molecule has 0 aliphatic heterocycles. The second-order valence-electron chi connectivity index (χ2n) is 4.78. The average Bonchev–Trinajstić information content (AvgIpc) is 2.87. The third kappa shape index (κ3) is 3.86. The lowest BCUT2D eigenvalue weighted by Crippen LogP contribution is -2.19.